The molecule has 0 bridgehead atoms. The van der Waals surface area contributed by atoms with Crippen LogP contribution in [-0.2, 0) is 6.42 Å². The van der Waals surface area contributed by atoms with Gasteiger partial charge in [0.1, 0.15) is 0 Å². The van der Waals surface area contributed by atoms with E-state index >= 15 is 0 Å². The number of rotatable bonds is 1. The summed E-state index contributed by atoms with van der Waals surface area (Å²) in [5.41, 5.74) is 6.41. The Bertz CT molecular complexity index is 752. The van der Waals surface area contributed by atoms with Crippen molar-refractivity contribution in [3.63, 3.8) is 0 Å². The average molecular weight is 307 g/mol. The lowest BCUT2D eigenvalue weighted by atomic mass is 9.92. The van der Waals surface area contributed by atoms with Gasteiger partial charge in [0.05, 0.1) is 6.04 Å². The molecular weight excluding hydrogens is 290 g/mol. The highest BCUT2D eigenvalue weighted by Gasteiger charge is 2.29. The fraction of sp³-hybridized carbons (Fsp3) is 0.222. The van der Waals surface area contributed by atoms with E-state index in [1.165, 1.54) is 28.0 Å². The van der Waals surface area contributed by atoms with E-state index in [0.717, 1.165) is 19.3 Å². The molecule has 1 aliphatic carbocycles. The minimum absolute atomic E-state index is 0.114. The van der Waals surface area contributed by atoms with Crippen molar-refractivity contribution in [2.24, 2.45) is 0 Å². The second kappa shape index (κ2) is 5.54. The number of hydrogen-bond acceptors (Lipinski definition) is 2. The van der Waals surface area contributed by atoms with Crippen molar-refractivity contribution in [2.45, 2.75) is 25.3 Å². The lowest BCUT2D eigenvalue weighted by Crippen LogP contribution is -2.43. The number of benzene rings is 1. The molecule has 0 radical (unpaired) electrons. The molecule has 0 fully saturated rings. The first-order valence-electron chi connectivity index (χ1n) is 7.62. The minimum Gasteiger partial charge on any atom is -0.352 e. The van der Waals surface area contributed by atoms with Gasteiger partial charge in [0.25, 0.3) is 0 Å². The molecule has 0 spiro atoms. The summed E-state index contributed by atoms with van der Waals surface area (Å²) in [6.07, 6.45) is 7.06. The van der Waals surface area contributed by atoms with Crippen LogP contribution < -0.4 is 10.6 Å². The molecule has 2 N–H and O–H groups in total. The summed E-state index contributed by atoms with van der Waals surface area (Å²) >= 11 is 5.45. The highest BCUT2D eigenvalue weighted by Crippen LogP contribution is 2.37. The zero-order valence-corrected chi connectivity index (χ0v) is 13.0. The van der Waals surface area contributed by atoms with E-state index in [-0.39, 0.29) is 6.04 Å². The number of aromatic nitrogens is 1. The molecule has 2 aromatic rings. The van der Waals surface area contributed by atoms with E-state index in [2.05, 4.69) is 45.9 Å². The van der Waals surface area contributed by atoms with Gasteiger partial charge in [-0.3, -0.25) is 4.98 Å². The van der Waals surface area contributed by atoms with E-state index in [0.29, 0.717) is 5.11 Å². The number of thiocarbonyl (C=S) groups is 1. The van der Waals surface area contributed by atoms with Gasteiger partial charge in [0.2, 0.25) is 0 Å². The van der Waals surface area contributed by atoms with Gasteiger partial charge in [-0.2, -0.15) is 0 Å². The van der Waals surface area contributed by atoms with Gasteiger partial charge in [0.15, 0.2) is 5.11 Å². The van der Waals surface area contributed by atoms with Crippen LogP contribution in [0.1, 0.15) is 35.6 Å². The summed E-state index contributed by atoms with van der Waals surface area (Å²) < 4.78 is 0. The second-order valence-corrected chi connectivity index (χ2v) is 6.14. The molecule has 4 rings (SSSR count). The topological polar surface area (TPSA) is 37.0 Å². The van der Waals surface area contributed by atoms with Gasteiger partial charge in [0, 0.05) is 23.7 Å². The van der Waals surface area contributed by atoms with Crippen LogP contribution in [0.5, 0.6) is 0 Å². The Hall–Kier alpha value is -2.20. The molecule has 2 heterocycles. The van der Waals surface area contributed by atoms with Crippen LogP contribution in [0.3, 0.4) is 0 Å². The van der Waals surface area contributed by atoms with Crippen molar-refractivity contribution in [3.05, 3.63) is 71.1 Å². The number of fused-ring (bicyclic) bond motifs is 2. The van der Waals surface area contributed by atoms with E-state index in [1.54, 1.807) is 6.20 Å². The van der Waals surface area contributed by atoms with Gasteiger partial charge in [-0.05, 0) is 54.2 Å². The molecule has 1 aliphatic heterocycles. The Balaban J connectivity index is 1.88. The Morgan fingerprint density at radius 3 is 2.86 bits per heavy atom. The van der Waals surface area contributed by atoms with Crippen LogP contribution in [-0.4, -0.2) is 10.1 Å². The first-order chi connectivity index (χ1) is 10.8. The molecule has 1 atom stereocenters. The maximum atomic E-state index is 5.45. The maximum absolute atomic E-state index is 5.45. The minimum atomic E-state index is 0.114. The largest absolute Gasteiger partial charge is 0.352 e. The van der Waals surface area contributed by atoms with Gasteiger partial charge >= 0.3 is 0 Å². The molecular formula is C18H17N3S. The fourth-order valence-corrected chi connectivity index (χ4v) is 3.60. The molecule has 110 valence electrons. The van der Waals surface area contributed by atoms with Crippen molar-refractivity contribution < 1.29 is 0 Å². The number of pyridine rings is 1. The predicted molar refractivity (Wildman–Crippen MR) is 92.1 cm³/mol. The summed E-state index contributed by atoms with van der Waals surface area (Å²) in [5, 5.41) is 7.49. The molecule has 2 aliphatic rings. The van der Waals surface area contributed by atoms with Crippen molar-refractivity contribution in [1.29, 1.82) is 0 Å². The van der Waals surface area contributed by atoms with Crippen molar-refractivity contribution >= 4 is 23.0 Å². The monoisotopic (exact) mass is 307 g/mol. The van der Waals surface area contributed by atoms with Gasteiger partial charge in [-0.1, -0.05) is 30.3 Å². The molecule has 3 nitrogen and oxygen atoms in total. The Morgan fingerprint density at radius 2 is 2.00 bits per heavy atom. The van der Waals surface area contributed by atoms with Crippen LogP contribution in [0.25, 0.3) is 5.70 Å². The molecule has 1 unspecified atom stereocenters. The zero-order valence-electron chi connectivity index (χ0n) is 12.2. The third-order valence-electron chi connectivity index (χ3n) is 4.38. The third-order valence-corrected chi connectivity index (χ3v) is 4.60. The van der Waals surface area contributed by atoms with Crippen LogP contribution >= 0.6 is 12.2 Å². The molecule has 1 aromatic carbocycles. The number of nitrogens with zero attached hydrogens (tertiary/aromatic N) is 1. The van der Waals surface area contributed by atoms with E-state index in [4.69, 9.17) is 12.2 Å². The third kappa shape index (κ3) is 2.29. The Kier molecular flexibility index (Phi) is 3.39. The van der Waals surface area contributed by atoms with Crippen molar-refractivity contribution in [3.8, 4) is 0 Å². The lowest BCUT2D eigenvalue weighted by molar-refractivity contribution is 0.663. The molecule has 4 heteroatoms. The number of aryl methyl sites for hydroxylation is 1. The van der Waals surface area contributed by atoms with Crippen LogP contribution in [0, 0.1) is 0 Å². The smallest absolute Gasteiger partial charge is 0.171 e. The second-order valence-electron chi connectivity index (χ2n) is 5.73. The van der Waals surface area contributed by atoms with Gasteiger partial charge in [-0.25, -0.2) is 0 Å². The normalized spacial score (nSPS) is 20.4. The first-order valence-corrected chi connectivity index (χ1v) is 8.02. The van der Waals surface area contributed by atoms with Crippen molar-refractivity contribution in [2.75, 3.05) is 0 Å². The first kappa shape index (κ1) is 13.5. The summed E-state index contributed by atoms with van der Waals surface area (Å²) in [6.45, 7) is 0. The summed E-state index contributed by atoms with van der Waals surface area (Å²) in [6, 6.07) is 12.8. The standard InChI is InChI=1S/C18H17N3S/c22-18-20-16(13-7-4-10-19-11-13)15-9-3-6-12-5-1-2-8-14(12)17(15)21-18/h1-2,4-5,7-8,10-11,16H,3,6,9H2,(H2,20,21,22). The van der Waals surface area contributed by atoms with Gasteiger partial charge in [-0.15, -0.1) is 0 Å². The SMILES string of the molecule is S=C1NC2=C(CCCc3ccccc32)C(c2cccnc2)N1. The maximum Gasteiger partial charge on any atom is 0.171 e. The molecule has 0 saturated heterocycles. The average Bonchev–Trinajstić information content (AvgIpc) is 2.75. The Labute approximate surface area is 135 Å². The van der Waals surface area contributed by atoms with E-state index in [9.17, 15) is 0 Å². The van der Waals surface area contributed by atoms with Gasteiger partial charge < -0.3 is 10.6 Å². The molecule has 1 aromatic heterocycles. The number of nitrogens with one attached hydrogen (secondary N) is 2. The number of hydrogen-bond donors (Lipinski definition) is 2. The molecule has 0 saturated carbocycles. The molecule has 0 amide bonds. The van der Waals surface area contributed by atoms with Crippen LogP contribution in [0.15, 0.2) is 54.4 Å². The predicted octanol–water partition coefficient (Wildman–Crippen LogP) is 3.35. The highest BCUT2D eigenvalue weighted by atomic mass is 32.1. The fourth-order valence-electron chi connectivity index (χ4n) is 3.38. The highest BCUT2D eigenvalue weighted by molar-refractivity contribution is 7.80. The summed E-state index contributed by atoms with van der Waals surface area (Å²) in [5.74, 6) is 0. The van der Waals surface area contributed by atoms with E-state index < -0.39 is 0 Å². The summed E-state index contributed by atoms with van der Waals surface area (Å²) in [7, 11) is 0. The molecule has 22 heavy (non-hydrogen) atoms. The lowest BCUT2D eigenvalue weighted by Gasteiger charge is -2.32. The van der Waals surface area contributed by atoms with Crippen LogP contribution in [0.4, 0.5) is 0 Å². The van der Waals surface area contributed by atoms with Crippen molar-refractivity contribution in [1.82, 2.24) is 15.6 Å². The quantitative estimate of drug-likeness (QED) is 0.792. The Morgan fingerprint density at radius 1 is 1.09 bits per heavy atom. The zero-order chi connectivity index (χ0) is 14.9. The van der Waals surface area contributed by atoms with E-state index in [1.807, 2.05) is 12.3 Å². The van der Waals surface area contributed by atoms with Crippen LogP contribution in [0.2, 0.25) is 0 Å². The summed E-state index contributed by atoms with van der Waals surface area (Å²) in [4.78, 5) is 4.26.